The fraction of sp³-hybridized carbons (Fsp3) is 0.571. The molecule has 32 heavy (non-hydrogen) atoms. The monoisotopic (exact) mass is 456 g/mol. The van der Waals surface area contributed by atoms with Crippen molar-refractivity contribution in [2.24, 2.45) is 0 Å². The number of methoxy groups -OCH3 is 1. The van der Waals surface area contributed by atoms with Crippen LogP contribution >= 0.6 is 0 Å². The lowest BCUT2D eigenvalue weighted by atomic mass is 9.90. The van der Waals surface area contributed by atoms with E-state index in [0.717, 1.165) is 0 Å². The maximum Gasteiger partial charge on any atom is 0.336 e. The summed E-state index contributed by atoms with van der Waals surface area (Å²) in [6.07, 6.45) is -10.7. The summed E-state index contributed by atoms with van der Waals surface area (Å²) in [5, 5.41) is 61.7. The van der Waals surface area contributed by atoms with Crippen LogP contribution in [0.4, 0.5) is 0 Å². The van der Waals surface area contributed by atoms with Crippen LogP contribution in [0.5, 0.6) is 5.75 Å². The molecule has 11 nitrogen and oxygen atoms in total. The molecule has 0 amide bonds. The second kappa shape index (κ2) is 9.41. The van der Waals surface area contributed by atoms with E-state index in [1.165, 1.54) is 45.2 Å². The van der Waals surface area contributed by atoms with E-state index in [4.69, 9.17) is 18.6 Å². The molecule has 1 aromatic heterocycles. The number of ether oxygens (including phenoxy) is 3. The Morgan fingerprint density at radius 2 is 1.78 bits per heavy atom. The number of fused-ring (bicyclic) bond motifs is 1. The second-order valence-corrected chi connectivity index (χ2v) is 8.19. The predicted octanol–water partition coefficient (Wildman–Crippen LogP) is -1.21. The Morgan fingerprint density at radius 1 is 1.09 bits per heavy atom. The molecule has 2 aromatic rings. The van der Waals surface area contributed by atoms with E-state index in [0.29, 0.717) is 5.39 Å². The zero-order valence-corrected chi connectivity index (χ0v) is 17.8. The Bertz CT molecular complexity index is 985. The van der Waals surface area contributed by atoms with Crippen molar-refractivity contribution in [1.82, 2.24) is 0 Å². The van der Waals surface area contributed by atoms with Crippen LogP contribution in [0.1, 0.15) is 25.5 Å². The lowest BCUT2D eigenvalue weighted by Crippen LogP contribution is -2.61. The first kappa shape index (κ1) is 24.6. The summed E-state index contributed by atoms with van der Waals surface area (Å²) in [7, 11) is 1.35. The number of aliphatic hydroxyl groups is 6. The molecule has 0 radical (unpaired) electrons. The molecule has 1 fully saturated rings. The van der Waals surface area contributed by atoms with Crippen LogP contribution in [-0.2, 0) is 9.47 Å². The number of hydrogen-bond acceptors (Lipinski definition) is 11. The Kier molecular flexibility index (Phi) is 7.22. The van der Waals surface area contributed by atoms with Gasteiger partial charge in [0.1, 0.15) is 48.0 Å². The van der Waals surface area contributed by atoms with Gasteiger partial charge in [0.25, 0.3) is 0 Å². The molecule has 0 saturated carbocycles. The van der Waals surface area contributed by atoms with E-state index in [9.17, 15) is 35.4 Å². The molecule has 6 N–H and O–H groups in total. The van der Waals surface area contributed by atoms with Gasteiger partial charge in [-0.2, -0.15) is 0 Å². The smallest absolute Gasteiger partial charge is 0.336 e. The number of hydrogen-bond donors (Lipinski definition) is 6. The van der Waals surface area contributed by atoms with E-state index in [1.54, 1.807) is 0 Å². The molecular weight excluding hydrogens is 428 g/mol. The molecule has 1 saturated heterocycles. The molecule has 0 unspecified atom stereocenters. The third-order valence-electron chi connectivity index (χ3n) is 5.57. The molecule has 11 heteroatoms. The van der Waals surface area contributed by atoms with Gasteiger partial charge in [0, 0.05) is 23.1 Å². The quantitative estimate of drug-likeness (QED) is 0.275. The molecule has 7 atom stereocenters. The average molecular weight is 456 g/mol. The minimum atomic E-state index is -1.67. The lowest BCUT2D eigenvalue weighted by Gasteiger charge is -2.44. The first-order valence-corrected chi connectivity index (χ1v) is 9.96. The van der Waals surface area contributed by atoms with Gasteiger partial charge in [-0.05, 0) is 26.0 Å². The van der Waals surface area contributed by atoms with Crippen molar-refractivity contribution in [2.45, 2.75) is 62.4 Å². The summed E-state index contributed by atoms with van der Waals surface area (Å²) in [6.45, 7) is 2.21. The van der Waals surface area contributed by atoms with Gasteiger partial charge >= 0.3 is 5.63 Å². The Morgan fingerprint density at radius 3 is 2.41 bits per heavy atom. The second-order valence-electron chi connectivity index (χ2n) is 8.19. The predicted molar refractivity (Wildman–Crippen MR) is 109 cm³/mol. The zero-order chi connectivity index (χ0) is 23.8. The summed E-state index contributed by atoms with van der Waals surface area (Å²) >= 11 is 0. The van der Waals surface area contributed by atoms with Crippen molar-refractivity contribution >= 4 is 11.0 Å². The summed E-state index contributed by atoms with van der Waals surface area (Å²) in [5.74, 6) is 0.155. The highest BCUT2D eigenvalue weighted by Gasteiger charge is 2.48. The van der Waals surface area contributed by atoms with Crippen molar-refractivity contribution in [3.8, 4) is 5.75 Å². The van der Waals surface area contributed by atoms with Crippen molar-refractivity contribution < 1.29 is 49.3 Å². The summed E-state index contributed by atoms with van der Waals surface area (Å²) < 4.78 is 21.4. The molecule has 0 aliphatic carbocycles. The van der Waals surface area contributed by atoms with Crippen LogP contribution in [-0.4, -0.2) is 86.8 Å². The molecule has 0 bridgehead atoms. The van der Waals surface area contributed by atoms with Crippen LogP contribution in [0.3, 0.4) is 0 Å². The molecule has 3 rings (SSSR count). The fourth-order valence-electron chi connectivity index (χ4n) is 3.61. The third kappa shape index (κ3) is 4.65. The van der Waals surface area contributed by atoms with Crippen molar-refractivity contribution in [3.05, 3.63) is 40.2 Å². The summed E-state index contributed by atoms with van der Waals surface area (Å²) in [4.78, 5) is 11.5. The lowest BCUT2D eigenvalue weighted by molar-refractivity contribution is -0.334. The highest BCUT2D eigenvalue weighted by Crippen LogP contribution is 2.36. The highest BCUT2D eigenvalue weighted by molar-refractivity contribution is 5.79. The van der Waals surface area contributed by atoms with Gasteiger partial charge in [-0.25, -0.2) is 4.79 Å². The summed E-state index contributed by atoms with van der Waals surface area (Å²) in [5.41, 5.74) is -1.68. The Balaban J connectivity index is 1.86. The molecular formula is C21H28O11. The normalized spacial score (nSPS) is 28.5. The Hall–Kier alpha value is -2.09. The Labute approximate surface area is 183 Å². The fourth-order valence-corrected chi connectivity index (χ4v) is 3.61. The minimum Gasteiger partial charge on any atom is -0.496 e. The molecule has 1 aliphatic heterocycles. The molecule has 2 heterocycles. The van der Waals surface area contributed by atoms with E-state index in [1.807, 2.05) is 0 Å². The third-order valence-corrected chi connectivity index (χ3v) is 5.57. The zero-order valence-electron chi connectivity index (χ0n) is 17.8. The number of benzene rings is 1. The first-order chi connectivity index (χ1) is 15.0. The maximum absolute atomic E-state index is 11.5. The first-order valence-electron chi connectivity index (χ1n) is 9.96. The van der Waals surface area contributed by atoms with Gasteiger partial charge < -0.3 is 49.3 Å². The van der Waals surface area contributed by atoms with Gasteiger partial charge in [0.05, 0.1) is 19.3 Å². The van der Waals surface area contributed by atoms with Gasteiger partial charge in [-0.3, -0.25) is 0 Å². The number of rotatable bonds is 7. The van der Waals surface area contributed by atoms with E-state index >= 15 is 0 Å². The van der Waals surface area contributed by atoms with Crippen LogP contribution < -0.4 is 10.4 Å². The largest absolute Gasteiger partial charge is 0.496 e. The molecule has 1 aromatic carbocycles. The van der Waals surface area contributed by atoms with E-state index < -0.39 is 60.7 Å². The standard InChI is InChI=1S/C21H28O11/c1-21(2,32-20-18(27)17(26)16(25)13(8-22)31-20)19(28)15(24)10-6-9-4-5-14(23)30-11(9)7-12(10)29-3/h4-7,13,15-20,22,24-28H,8H2,1-3H3/t13-,15+,16-,17+,18-,19+,20-/m1/s1. The van der Waals surface area contributed by atoms with Crippen molar-refractivity contribution in [1.29, 1.82) is 0 Å². The van der Waals surface area contributed by atoms with Crippen LogP contribution in [0.2, 0.25) is 0 Å². The van der Waals surface area contributed by atoms with Gasteiger partial charge in [0.15, 0.2) is 6.29 Å². The van der Waals surface area contributed by atoms with E-state index in [-0.39, 0.29) is 16.9 Å². The SMILES string of the molecule is COc1cc2oc(=O)ccc2cc1[C@H](O)[C@H](O)C(C)(C)O[C@H]1O[C@H](CO)[C@@H](O)[C@H](O)[C@H]1O. The topological polar surface area (TPSA) is 179 Å². The van der Waals surface area contributed by atoms with E-state index in [2.05, 4.69) is 0 Å². The summed E-state index contributed by atoms with van der Waals surface area (Å²) in [6, 6.07) is 5.62. The van der Waals surface area contributed by atoms with Crippen LogP contribution in [0.25, 0.3) is 11.0 Å². The van der Waals surface area contributed by atoms with Gasteiger partial charge in [0.2, 0.25) is 0 Å². The van der Waals surface area contributed by atoms with Crippen LogP contribution in [0.15, 0.2) is 33.5 Å². The van der Waals surface area contributed by atoms with Crippen molar-refractivity contribution in [3.63, 3.8) is 0 Å². The molecule has 0 spiro atoms. The molecule has 178 valence electrons. The number of aliphatic hydroxyl groups excluding tert-OH is 6. The highest BCUT2D eigenvalue weighted by atomic mass is 16.7. The van der Waals surface area contributed by atoms with Crippen molar-refractivity contribution in [2.75, 3.05) is 13.7 Å². The average Bonchev–Trinajstić information content (AvgIpc) is 2.77. The van der Waals surface area contributed by atoms with Gasteiger partial charge in [-0.15, -0.1) is 0 Å². The maximum atomic E-state index is 11.5. The van der Waals surface area contributed by atoms with Gasteiger partial charge in [-0.1, -0.05) is 0 Å². The molecule has 1 aliphatic rings. The van der Waals surface area contributed by atoms with Crippen LogP contribution in [0, 0.1) is 0 Å². The minimum absolute atomic E-state index is 0.155.